The molecule has 110 valence electrons. The van der Waals surface area contributed by atoms with Crippen LogP contribution in [0.25, 0.3) is 0 Å². The molecule has 0 aliphatic rings. The van der Waals surface area contributed by atoms with Gasteiger partial charge in [0.25, 0.3) is 5.69 Å². The van der Waals surface area contributed by atoms with Crippen LogP contribution in [0.4, 0.5) is 11.4 Å². The fourth-order valence-electron chi connectivity index (χ4n) is 2.03. The first-order valence-electron chi connectivity index (χ1n) is 7.20. The molecule has 0 aliphatic heterocycles. The van der Waals surface area contributed by atoms with Crippen molar-refractivity contribution >= 4 is 11.4 Å². The zero-order valence-corrected chi connectivity index (χ0v) is 12.5. The van der Waals surface area contributed by atoms with Gasteiger partial charge in [0.15, 0.2) is 4.87 Å². The van der Waals surface area contributed by atoms with Crippen LogP contribution in [0.5, 0.6) is 5.75 Å². The highest BCUT2D eigenvalue weighted by Gasteiger charge is 2.13. The molecule has 2 rings (SSSR count). The molecular formula is C17H21N2O2+. The molecule has 0 saturated heterocycles. The maximum atomic E-state index is 12.0. The van der Waals surface area contributed by atoms with E-state index in [1.165, 1.54) is 18.4 Å². The van der Waals surface area contributed by atoms with Crippen LogP contribution in [0, 0.1) is 4.91 Å². The lowest BCUT2D eigenvalue weighted by atomic mass is 10.1. The monoisotopic (exact) mass is 285 g/mol. The molecule has 21 heavy (non-hydrogen) atoms. The summed E-state index contributed by atoms with van der Waals surface area (Å²) in [5.74, 6) is 0.729. The molecule has 0 radical (unpaired) electrons. The molecule has 0 amide bonds. The number of anilines is 1. The summed E-state index contributed by atoms with van der Waals surface area (Å²) in [7, 11) is 1.60. The van der Waals surface area contributed by atoms with Crippen molar-refractivity contribution in [2.24, 2.45) is 0 Å². The van der Waals surface area contributed by atoms with Crippen LogP contribution in [0.1, 0.15) is 25.3 Å². The SMILES string of the molecule is CCCCc1ccc(N[N+](=O)c2ccc(OC)cc2)cc1. The molecule has 4 nitrogen and oxygen atoms in total. The summed E-state index contributed by atoms with van der Waals surface area (Å²) in [5.41, 5.74) is 5.42. The van der Waals surface area contributed by atoms with Gasteiger partial charge in [-0.05, 0) is 42.7 Å². The van der Waals surface area contributed by atoms with E-state index in [4.69, 9.17) is 4.74 Å². The van der Waals surface area contributed by atoms with Crippen LogP contribution >= 0.6 is 0 Å². The maximum absolute atomic E-state index is 12.0. The largest absolute Gasteiger partial charge is 0.497 e. The number of hydrazine groups is 1. The molecule has 0 fully saturated rings. The summed E-state index contributed by atoms with van der Waals surface area (Å²) in [4.78, 5) is 12.8. The van der Waals surface area contributed by atoms with Crippen LogP contribution < -0.4 is 10.2 Å². The molecule has 0 heterocycles. The Morgan fingerprint density at radius 2 is 1.71 bits per heavy atom. The number of unbranched alkanes of at least 4 members (excludes halogenated alkanes) is 1. The molecule has 4 heteroatoms. The fourth-order valence-corrected chi connectivity index (χ4v) is 2.03. The van der Waals surface area contributed by atoms with Crippen molar-refractivity contribution in [1.29, 1.82) is 0 Å². The first kappa shape index (κ1) is 15.0. The third kappa shape index (κ3) is 4.31. The van der Waals surface area contributed by atoms with E-state index in [1.807, 2.05) is 12.1 Å². The summed E-state index contributed by atoms with van der Waals surface area (Å²) in [6.45, 7) is 2.18. The average molecular weight is 285 g/mol. The number of aryl methyl sites for hydroxylation is 1. The number of nitrogens with zero attached hydrogens (tertiary/aromatic N) is 1. The minimum atomic E-state index is 0.533. The number of methoxy groups -OCH3 is 1. The number of nitroso groups, excluding NO2 is 1. The minimum Gasteiger partial charge on any atom is -0.497 e. The van der Waals surface area contributed by atoms with Gasteiger partial charge in [0, 0.05) is 12.1 Å². The highest BCUT2D eigenvalue weighted by atomic mass is 16.5. The van der Waals surface area contributed by atoms with Crippen LogP contribution in [0.2, 0.25) is 0 Å². The number of hydrogen-bond acceptors (Lipinski definition) is 2. The number of nitrogens with one attached hydrogen (secondary N) is 1. The normalized spacial score (nSPS) is 10.2. The molecule has 1 N–H and O–H groups in total. The number of hydrogen-bond donors (Lipinski definition) is 1. The Morgan fingerprint density at radius 1 is 1.05 bits per heavy atom. The number of rotatable bonds is 7. The molecule has 0 saturated carbocycles. The lowest BCUT2D eigenvalue weighted by Crippen LogP contribution is -2.10. The summed E-state index contributed by atoms with van der Waals surface area (Å²) < 4.78 is 5.07. The van der Waals surface area contributed by atoms with Gasteiger partial charge >= 0.3 is 0 Å². The Kier molecular flexibility index (Phi) is 5.32. The second kappa shape index (κ2) is 7.43. The van der Waals surface area contributed by atoms with Gasteiger partial charge in [0.05, 0.1) is 12.0 Å². The Morgan fingerprint density at radius 3 is 2.29 bits per heavy atom. The molecule has 2 aromatic carbocycles. The van der Waals surface area contributed by atoms with Crippen molar-refractivity contribution in [3.05, 3.63) is 59.0 Å². The number of ether oxygens (including phenoxy) is 1. The summed E-state index contributed by atoms with van der Waals surface area (Å²) >= 11 is 0. The van der Waals surface area contributed by atoms with Gasteiger partial charge in [-0.15, -0.1) is 5.43 Å². The molecule has 2 aromatic rings. The average Bonchev–Trinajstić information content (AvgIpc) is 2.54. The molecule has 0 spiro atoms. The van der Waals surface area contributed by atoms with Crippen LogP contribution in [0.3, 0.4) is 0 Å². The molecule has 0 aliphatic carbocycles. The van der Waals surface area contributed by atoms with E-state index in [1.54, 1.807) is 31.4 Å². The summed E-state index contributed by atoms with van der Waals surface area (Å²) in [5, 5.41) is 0. The van der Waals surface area contributed by atoms with Crippen molar-refractivity contribution in [1.82, 2.24) is 0 Å². The van der Waals surface area contributed by atoms with E-state index in [-0.39, 0.29) is 0 Å². The van der Waals surface area contributed by atoms with Crippen LogP contribution in [0.15, 0.2) is 48.5 Å². The van der Waals surface area contributed by atoms with E-state index >= 15 is 0 Å². The lowest BCUT2D eigenvalue weighted by molar-refractivity contribution is -0.427. The predicted octanol–water partition coefficient (Wildman–Crippen LogP) is 4.48. The van der Waals surface area contributed by atoms with E-state index in [2.05, 4.69) is 24.5 Å². The Labute approximate surface area is 125 Å². The standard InChI is InChI=1S/C17H21N2O2/c1-3-4-5-14-6-8-15(9-7-14)18-19(20)16-10-12-17(21-2)13-11-16/h6-13H,3-5H2,1-2H3,(H,18,20)/q+1. The van der Waals surface area contributed by atoms with Gasteiger partial charge in [0.1, 0.15) is 11.4 Å². The van der Waals surface area contributed by atoms with Gasteiger partial charge in [-0.1, -0.05) is 25.5 Å². The second-order valence-corrected chi connectivity index (χ2v) is 4.90. The first-order valence-corrected chi connectivity index (χ1v) is 7.20. The quantitative estimate of drug-likeness (QED) is 0.602. The van der Waals surface area contributed by atoms with Crippen molar-refractivity contribution in [3.63, 3.8) is 0 Å². The highest BCUT2D eigenvalue weighted by molar-refractivity contribution is 5.44. The molecular weight excluding hydrogens is 264 g/mol. The van der Waals surface area contributed by atoms with Crippen LogP contribution in [-0.4, -0.2) is 12.0 Å². The summed E-state index contributed by atoms with van der Waals surface area (Å²) in [6.07, 6.45) is 3.45. The topological polar surface area (TPSA) is 41.3 Å². The zero-order chi connectivity index (χ0) is 15.1. The van der Waals surface area contributed by atoms with Gasteiger partial charge in [0.2, 0.25) is 0 Å². The van der Waals surface area contributed by atoms with Crippen molar-refractivity contribution in [2.75, 3.05) is 12.5 Å². The Hall–Kier alpha value is -2.36. The van der Waals surface area contributed by atoms with E-state index < -0.39 is 0 Å². The van der Waals surface area contributed by atoms with Gasteiger partial charge in [-0.25, -0.2) is 0 Å². The third-order valence-corrected chi connectivity index (χ3v) is 3.31. The fraction of sp³-hybridized carbons (Fsp3) is 0.294. The molecule has 0 aromatic heterocycles. The lowest BCUT2D eigenvalue weighted by Gasteiger charge is -2.02. The van der Waals surface area contributed by atoms with E-state index in [0.29, 0.717) is 5.69 Å². The summed E-state index contributed by atoms with van der Waals surface area (Å²) in [6, 6.07) is 14.9. The second-order valence-electron chi connectivity index (χ2n) is 4.90. The molecule has 0 unspecified atom stereocenters. The Bertz CT molecular complexity index is 577. The van der Waals surface area contributed by atoms with Crippen molar-refractivity contribution < 1.29 is 9.61 Å². The number of benzene rings is 2. The maximum Gasteiger partial charge on any atom is 0.292 e. The van der Waals surface area contributed by atoms with Gasteiger partial charge < -0.3 is 4.74 Å². The van der Waals surface area contributed by atoms with Gasteiger partial charge in [-0.3, -0.25) is 0 Å². The van der Waals surface area contributed by atoms with Crippen molar-refractivity contribution in [3.8, 4) is 5.75 Å². The minimum absolute atomic E-state index is 0.533. The van der Waals surface area contributed by atoms with Gasteiger partial charge in [-0.2, -0.15) is 0 Å². The first-order chi connectivity index (χ1) is 10.2. The van der Waals surface area contributed by atoms with E-state index in [0.717, 1.165) is 22.7 Å². The van der Waals surface area contributed by atoms with Crippen LogP contribution in [-0.2, 0) is 6.42 Å². The smallest absolute Gasteiger partial charge is 0.292 e. The third-order valence-electron chi connectivity index (χ3n) is 3.31. The zero-order valence-electron chi connectivity index (χ0n) is 12.5. The predicted molar refractivity (Wildman–Crippen MR) is 85.0 cm³/mol. The highest BCUT2D eigenvalue weighted by Crippen LogP contribution is 2.19. The molecule has 0 bridgehead atoms. The molecule has 0 atom stereocenters. The Balaban J connectivity index is 1.98. The van der Waals surface area contributed by atoms with Crippen molar-refractivity contribution in [2.45, 2.75) is 26.2 Å². The van der Waals surface area contributed by atoms with E-state index in [9.17, 15) is 4.91 Å².